The summed E-state index contributed by atoms with van der Waals surface area (Å²) in [6.45, 7) is 5.17. The molecule has 0 spiro atoms. The lowest BCUT2D eigenvalue weighted by molar-refractivity contribution is -0.130. The van der Waals surface area contributed by atoms with Crippen LogP contribution < -0.4 is 9.80 Å². The van der Waals surface area contributed by atoms with E-state index in [0.717, 1.165) is 22.1 Å². The van der Waals surface area contributed by atoms with Gasteiger partial charge in [-0.2, -0.15) is 4.37 Å². The van der Waals surface area contributed by atoms with Crippen LogP contribution in [0.1, 0.15) is 22.5 Å². The number of benzene rings is 3. The van der Waals surface area contributed by atoms with E-state index in [9.17, 15) is 9.18 Å². The molecule has 1 aromatic heterocycles. The third-order valence-electron chi connectivity index (χ3n) is 6.58. The fraction of sp³-hybridized carbons (Fsp3) is 0.276. The number of anilines is 2. The van der Waals surface area contributed by atoms with E-state index >= 15 is 0 Å². The van der Waals surface area contributed by atoms with Gasteiger partial charge in [0.05, 0.1) is 12.2 Å². The molecule has 2 heterocycles. The molecule has 8 heteroatoms. The van der Waals surface area contributed by atoms with Gasteiger partial charge in [-0.25, -0.2) is 9.37 Å². The molecule has 190 valence electrons. The summed E-state index contributed by atoms with van der Waals surface area (Å²) >= 11 is 1.33. The highest BCUT2D eigenvalue weighted by molar-refractivity contribution is 7.09. The van der Waals surface area contributed by atoms with E-state index in [1.54, 1.807) is 12.1 Å². The second-order valence-corrected chi connectivity index (χ2v) is 10.0. The van der Waals surface area contributed by atoms with Gasteiger partial charge in [-0.05, 0) is 30.2 Å². The minimum absolute atomic E-state index is 0.0411. The maximum absolute atomic E-state index is 14.2. The average molecular weight is 516 g/mol. The van der Waals surface area contributed by atoms with Crippen LogP contribution in [-0.2, 0) is 17.8 Å². The van der Waals surface area contributed by atoms with Gasteiger partial charge in [-0.15, -0.1) is 0 Å². The molecule has 1 aliphatic heterocycles. The van der Waals surface area contributed by atoms with E-state index in [1.807, 2.05) is 39.0 Å². The van der Waals surface area contributed by atoms with Crippen molar-refractivity contribution >= 4 is 28.3 Å². The molecule has 1 aliphatic rings. The van der Waals surface area contributed by atoms with Gasteiger partial charge < -0.3 is 14.7 Å². The Morgan fingerprint density at radius 3 is 2.35 bits per heavy atom. The maximum Gasteiger partial charge on any atom is 0.242 e. The summed E-state index contributed by atoms with van der Waals surface area (Å²) in [4.78, 5) is 24.0. The lowest BCUT2D eigenvalue weighted by Gasteiger charge is -2.37. The molecular weight excluding hydrogens is 485 g/mol. The van der Waals surface area contributed by atoms with Crippen LogP contribution in [0.25, 0.3) is 0 Å². The second-order valence-electron chi connectivity index (χ2n) is 9.32. The Kier molecular flexibility index (Phi) is 7.75. The molecular formula is C29H30FN5OS. The predicted molar refractivity (Wildman–Crippen MR) is 147 cm³/mol. The van der Waals surface area contributed by atoms with Gasteiger partial charge in [0.25, 0.3) is 0 Å². The number of amides is 1. The van der Waals surface area contributed by atoms with Crippen molar-refractivity contribution in [1.29, 1.82) is 0 Å². The van der Waals surface area contributed by atoms with Crippen LogP contribution in [0.2, 0.25) is 0 Å². The largest absolute Gasteiger partial charge is 0.366 e. The van der Waals surface area contributed by atoms with Crippen molar-refractivity contribution in [2.75, 3.05) is 42.5 Å². The van der Waals surface area contributed by atoms with E-state index in [1.165, 1.54) is 23.2 Å². The summed E-state index contributed by atoms with van der Waals surface area (Å²) in [6, 6.07) is 25.3. The first-order valence-corrected chi connectivity index (χ1v) is 13.3. The van der Waals surface area contributed by atoms with Gasteiger partial charge in [-0.3, -0.25) is 4.79 Å². The van der Waals surface area contributed by atoms with Crippen molar-refractivity contribution in [3.05, 3.63) is 107 Å². The number of aryl methyl sites for hydroxylation is 1. The number of aromatic nitrogens is 2. The van der Waals surface area contributed by atoms with Crippen LogP contribution in [0.15, 0.2) is 78.9 Å². The number of rotatable bonds is 8. The van der Waals surface area contributed by atoms with Gasteiger partial charge >= 0.3 is 0 Å². The van der Waals surface area contributed by atoms with E-state index in [4.69, 9.17) is 4.98 Å². The minimum atomic E-state index is -0.228. The number of hydrogen-bond acceptors (Lipinski definition) is 6. The molecule has 0 N–H and O–H groups in total. The molecule has 5 rings (SSSR count). The summed E-state index contributed by atoms with van der Waals surface area (Å²) in [7, 11) is 0. The lowest BCUT2D eigenvalue weighted by atomic mass is 10.1. The maximum atomic E-state index is 14.2. The highest BCUT2D eigenvalue weighted by Crippen LogP contribution is 2.23. The van der Waals surface area contributed by atoms with Crippen molar-refractivity contribution in [3.63, 3.8) is 0 Å². The minimum Gasteiger partial charge on any atom is -0.366 e. The molecule has 37 heavy (non-hydrogen) atoms. The molecule has 1 fully saturated rings. The molecule has 0 unspecified atom stereocenters. The molecule has 3 aromatic carbocycles. The number of hydrogen-bond donors (Lipinski definition) is 0. The number of piperazine rings is 1. The van der Waals surface area contributed by atoms with Crippen LogP contribution in [0, 0.1) is 12.7 Å². The Labute approximate surface area is 221 Å². The van der Waals surface area contributed by atoms with Crippen molar-refractivity contribution < 1.29 is 9.18 Å². The third kappa shape index (κ3) is 6.32. The van der Waals surface area contributed by atoms with Crippen molar-refractivity contribution in [3.8, 4) is 0 Å². The fourth-order valence-corrected chi connectivity index (χ4v) is 5.18. The second kappa shape index (κ2) is 11.5. The molecule has 0 saturated carbocycles. The van der Waals surface area contributed by atoms with Crippen LogP contribution in [0.4, 0.5) is 15.2 Å². The molecule has 0 radical (unpaired) electrons. The summed E-state index contributed by atoms with van der Waals surface area (Å²) in [5.41, 5.74) is 4.08. The van der Waals surface area contributed by atoms with Crippen LogP contribution in [0.3, 0.4) is 0 Å². The first kappa shape index (κ1) is 24.9. The monoisotopic (exact) mass is 515 g/mol. The van der Waals surface area contributed by atoms with Gasteiger partial charge in [0.15, 0.2) is 0 Å². The summed E-state index contributed by atoms with van der Waals surface area (Å²) in [5.74, 6) is 0.571. The Balaban J connectivity index is 1.27. The summed E-state index contributed by atoms with van der Waals surface area (Å²) < 4.78 is 18.8. The number of halogens is 1. The van der Waals surface area contributed by atoms with Gasteiger partial charge in [0.2, 0.25) is 11.0 Å². The number of para-hydroxylation sites is 1. The van der Waals surface area contributed by atoms with Crippen molar-refractivity contribution in [2.45, 2.75) is 19.9 Å². The van der Waals surface area contributed by atoms with Crippen molar-refractivity contribution in [1.82, 2.24) is 14.3 Å². The zero-order chi connectivity index (χ0) is 25.6. The Morgan fingerprint density at radius 1 is 0.919 bits per heavy atom. The predicted octanol–water partition coefficient (Wildman–Crippen LogP) is 4.93. The molecule has 0 atom stereocenters. The molecule has 1 saturated heterocycles. The zero-order valence-corrected chi connectivity index (χ0v) is 21.7. The van der Waals surface area contributed by atoms with E-state index in [0.29, 0.717) is 44.8 Å². The van der Waals surface area contributed by atoms with E-state index in [-0.39, 0.29) is 18.3 Å². The first-order chi connectivity index (χ1) is 18.0. The van der Waals surface area contributed by atoms with Gasteiger partial charge in [0, 0.05) is 50.7 Å². The van der Waals surface area contributed by atoms with Crippen LogP contribution in [0.5, 0.6) is 0 Å². The molecule has 6 nitrogen and oxygen atoms in total. The third-order valence-corrected chi connectivity index (χ3v) is 7.39. The molecule has 0 bridgehead atoms. The zero-order valence-electron chi connectivity index (χ0n) is 20.9. The van der Waals surface area contributed by atoms with Gasteiger partial charge in [0.1, 0.15) is 11.6 Å². The highest BCUT2D eigenvalue weighted by atomic mass is 32.1. The average Bonchev–Trinajstić information content (AvgIpc) is 3.39. The number of carbonyl (C=O) groups is 1. The van der Waals surface area contributed by atoms with Crippen LogP contribution in [-0.4, -0.2) is 52.9 Å². The Hall–Kier alpha value is -3.78. The first-order valence-electron chi connectivity index (χ1n) is 12.5. The fourth-order valence-electron chi connectivity index (χ4n) is 4.50. The molecule has 0 aliphatic carbocycles. The van der Waals surface area contributed by atoms with E-state index < -0.39 is 0 Å². The van der Waals surface area contributed by atoms with Crippen molar-refractivity contribution in [2.24, 2.45) is 0 Å². The Bertz CT molecular complexity index is 1320. The number of nitrogens with zero attached hydrogens (tertiary/aromatic N) is 5. The topological polar surface area (TPSA) is 52.6 Å². The smallest absolute Gasteiger partial charge is 0.242 e. The normalized spacial score (nSPS) is 13.6. The molecule has 4 aromatic rings. The van der Waals surface area contributed by atoms with E-state index in [2.05, 4.69) is 47.7 Å². The Morgan fingerprint density at radius 2 is 1.62 bits per heavy atom. The SMILES string of the molecule is Cc1ccc(Cc2nsc(N(CC(=O)N3CCN(c4ccccc4F)CC3)Cc3ccccc3)n2)cc1. The molecule has 1 amide bonds. The van der Waals surface area contributed by atoms with Gasteiger partial charge in [-0.1, -0.05) is 72.3 Å². The summed E-state index contributed by atoms with van der Waals surface area (Å²) in [5, 5.41) is 0.740. The quantitative estimate of drug-likeness (QED) is 0.333. The highest BCUT2D eigenvalue weighted by Gasteiger charge is 2.25. The summed E-state index contributed by atoms with van der Waals surface area (Å²) in [6.07, 6.45) is 0.655. The standard InChI is InChI=1S/C29H30FN5OS/c1-22-11-13-23(14-12-22)19-27-31-29(37-32-27)35(20-24-7-3-2-4-8-24)21-28(36)34-17-15-33(16-18-34)26-10-6-5-9-25(26)30/h2-14H,15-21H2,1H3. The number of carbonyl (C=O) groups excluding carboxylic acids is 1. The van der Waals surface area contributed by atoms with Crippen LogP contribution >= 0.6 is 11.5 Å². The lowest BCUT2D eigenvalue weighted by Crippen LogP contribution is -2.51.